The Balaban J connectivity index is 1.61. The highest BCUT2D eigenvalue weighted by atomic mass is 79.9. The molecule has 2 unspecified atom stereocenters. The van der Waals surface area contributed by atoms with Gasteiger partial charge in [-0.3, -0.25) is 4.90 Å². The van der Waals surface area contributed by atoms with Gasteiger partial charge in [0.2, 0.25) is 0 Å². The number of rotatable bonds is 6. The summed E-state index contributed by atoms with van der Waals surface area (Å²) in [5.41, 5.74) is 1.60. The molecule has 2 fully saturated rings. The van der Waals surface area contributed by atoms with E-state index in [2.05, 4.69) is 71.7 Å². The molecule has 1 aliphatic carbocycles. The van der Waals surface area contributed by atoms with Gasteiger partial charge >= 0.3 is 12.1 Å². The van der Waals surface area contributed by atoms with Gasteiger partial charge in [0.05, 0.1) is 12.1 Å². The van der Waals surface area contributed by atoms with Gasteiger partial charge in [-0.25, -0.2) is 9.59 Å². The van der Waals surface area contributed by atoms with Gasteiger partial charge < -0.3 is 20.3 Å². The molecule has 2 aromatic carbocycles. The van der Waals surface area contributed by atoms with Crippen LogP contribution in [0.1, 0.15) is 69.7 Å². The molecule has 3 amide bonds. The lowest BCUT2D eigenvalue weighted by Gasteiger charge is -2.43. The summed E-state index contributed by atoms with van der Waals surface area (Å²) < 4.78 is 7.60. The van der Waals surface area contributed by atoms with Crippen molar-refractivity contribution in [1.82, 2.24) is 20.4 Å². The van der Waals surface area contributed by atoms with E-state index in [0.717, 1.165) is 45.8 Å². The van der Waals surface area contributed by atoms with Crippen LogP contribution < -0.4 is 10.6 Å². The number of halogens is 2. The van der Waals surface area contributed by atoms with E-state index in [1.165, 1.54) is 0 Å². The summed E-state index contributed by atoms with van der Waals surface area (Å²) in [6.45, 7) is 8.10. The van der Waals surface area contributed by atoms with E-state index in [-0.39, 0.29) is 30.2 Å². The van der Waals surface area contributed by atoms with Gasteiger partial charge in [0.15, 0.2) is 0 Å². The zero-order valence-electron chi connectivity index (χ0n) is 22.4. The number of nitrogens with zero attached hydrogens (tertiary/aromatic N) is 2. The van der Waals surface area contributed by atoms with Crippen LogP contribution in [-0.4, -0.2) is 59.7 Å². The standard InChI is InChI=1S/C29H38Br2N4O3/c1-29(2,3)38-28(37)35-18-16-34(17-19-35)26(21-10-14-23(31)15-11-21)25(20-8-12-22(30)13-9-20)33-27(36)32-24-6-4-5-7-24/h8-15,24-26H,4-7,16-19H2,1-3H3,(H2,32,33,36). The second-order valence-corrected chi connectivity index (χ2v) is 13.0. The Kier molecular flexibility index (Phi) is 9.76. The monoisotopic (exact) mass is 648 g/mol. The lowest BCUT2D eigenvalue weighted by atomic mass is 9.91. The number of amides is 3. The van der Waals surface area contributed by atoms with Crippen LogP contribution in [0.4, 0.5) is 9.59 Å². The third-order valence-electron chi connectivity index (χ3n) is 7.09. The average molecular weight is 650 g/mol. The lowest BCUT2D eigenvalue weighted by molar-refractivity contribution is 0.00813. The number of ether oxygens (including phenoxy) is 1. The lowest BCUT2D eigenvalue weighted by Crippen LogP contribution is -2.53. The number of nitrogens with one attached hydrogen (secondary N) is 2. The van der Waals surface area contributed by atoms with E-state index >= 15 is 0 Å². The first-order valence-corrected chi connectivity index (χ1v) is 15.0. The highest BCUT2D eigenvalue weighted by Gasteiger charge is 2.35. The SMILES string of the molecule is CC(C)(C)OC(=O)N1CCN(C(c2ccc(Br)cc2)C(NC(=O)NC2CCCC2)c2ccc(Br)cc2)CC1. The number of hydrogen-bond donors (Lipinski definition) is 2. The maximum atomic E-state index is 13.3. The molecule has 1 aliphatic heterocycles. The smallest absolute Gasteiger partial charge is 0.410 e. The summed E-state index contributed by atoms with van der Waals surface area (Å²) in [5.74, 6) is 0. The van der Waals surface area contributed by atoms with Gasteiger partial charge in [0.1, 0.15) is 5.60 Å². The molecule has 0 aromatic heterocycles. The zero-order chi connectivity index (χ0) is 27.3. The third-order valence-corrected chi connectivity index (χ3v) is 8.15. The summed E-state index contributed by atoms with van der Waals surface area (Å²) in [6, 6.07) is 16.1. The quantitative estimate of drug-likeness (QED) is 0.362. The largest absolute Gasteiger partial charge is 0.444 e. The van der Waals surface area contributed by atoms with Crippen LogP contribution in [0.3, 0.4) is 0 Å². The van der Waals surface area contributed by atoms with Gasteiger partial charge in [-0.15, -0.1) is 0 Å². The normalized spacial score (nSPS) is 18.6. The van der Waals surface area contributed by atoms with Gasteiger partial charge in [-0.2, -0.15) is 0 Å². The first kappa shape index (κ1) is 28.9. The first-order valence-electron chi connectivity index (χ1n) is 13.4. The van der Waals surface area contributed by atoms with Crippen molar-refractivity contribution in [3.8, 4) is 0 Å². The molecular formula is C29H38Br2N4O3. The van der Waals surface area contributed by atoms with Crippen molar-refractivity contribution in [2.75, 3.05) is 26.2 Å². The van der Waals surface area contributed by atoms with Crippen molar-refractivity contribution in [1.29, 1.82) is 0 Å². The molecule has 206 valence electrons. The van der Waals surface area contributed by atoms with Crippen LogP contribution in [0.2, 0.25) is 0 Å². The maximum absolute atomic E-state index is 13.3. The molecular weight excluding hydrogens is 612 g/mol. The van der Waals surface area contributed by atoms with Gasteiger partial charge in [-0.1, -0.05) is 69.0 Å². The van der Waals surface area contributed by atoms with Crippen LogP contribution in [0.25, 0.3) is 0 Å². The molecule has 4 rings (SSSR count). The van der Waals surface area contributed by atoms with E-state index in [1.807, 2.05) is 45.0 Å². The number of piperazine rings is 1. The number of hydrogen-bond acceptors (Lipinski definition) is 4. The summed E-state index contributed by atoms with van der Waals surface area (Å²) in [4.78, 5) is 30.1. The number of urea groups is 1. The minimum absolute atomic E-state index is 0.126. The van der Waals surface area contributed by atoms with Crippen molar-refractivity contribution >= 4 is 44.0 Å². The van der Waals surface area contributed by atoms with Crippen molar-refractivity contribution in [3.05, 3.63) is 68.6 Å². The summed E-state index contributed by atoms with van der Waals surface area (Å²) in [6.07, 6.45) is 4.09. The Labute approximate surface area is 242 Å². The summed E-state index contributed by atoms with van der Waals surface area (Å²) in [5, 5.41) is 6.53. The van der Waals surface area contributed by atoms with Crippen molar-refractivity contribution in [2.24, 2.45) is 0 Å². The predicted molar refractivity (Wildman–Crippen MR) is 157 cm³/mol. The third kappa shape index (κ3) is 7.96. The van der Waals surface area contributed by atoms with Crippen LogP contribution in [-0.2, 0) is 4.74 Å². The van der Waals surface area contributed by atoms with Crippen molar-refractivity contribution in [2.45, 2.75) is 70.2 Å². The van der Waals surface area contributed by atoms with Crippen LogP contribution >= 0.6 is 31.9 Å². The molecule has 1 heterocycles. The van der Waals surface area contributed by atoms with E-state index in [4.69, 9.17) is 4.74 Å². The fraction of sp³-hybridized carbons (Fsp3) is 0.517. The van der Waals surface area contributed by atoms with E-state index in [9.17, 15) is 9.59 Å². The first-order chi connectivity index (χ1) is 18.1. The second kappa shape index (κ2) is 12.8. The fourth-order valence-corrected chi connectivity index (χ4v) is 5.76. The minimum atomic E-state index is -0.530. The van der Waals surface area contributed by atoms with Gasteiger partial charge in [-0.05, 0) is 69.0 Å². The number of carbonyl (C=O) groups excluding carboxylic acids is 2. The maximum Gasteiger partial charge on any atom is 0.410 e. The molecule has 0 bridgehead atoms. The minimum Gasteiger partial charge on any atom is -0.444 e. The van der Waals surface area contributed by atoms with E-state index < -0.39 is 5.60 Å². The molecule has 2 atom stereocenters. The Morgan fingerprint density at radius 3 is 1.92 bits per heavy atom. The Morgan fingerprint density at radius 1 is 0.868 bits per heavy atom. The van der Waals surface area contributed by atoms with Crippen LogP contribution in [0.15, 0.2) is 57.5 Å². The molecule has 2 aromatic rings. The Hall–Kier alpha value is -2.10. The molecule has 2 aliphatic rings. The van der Waals surface area contributed by atoms with Crippen LogP contribution in [0.5, 0.6) is 0 Å². The average Bonchev–Trinajstić information content (AvgIpc) is 3.37. The molecule has 9 heteroatoms. The zero-order valence-corrected chi connectivity index (χ0v) is 25.6. The predicted octanol–water partition coefficient (Wildman–Crippen LogP) is 6.79. The molecule has 1 saturated heterocycles. The Bertz CT molecular complexity index is 1070. The molecule has 0 radical (unpaired) electrons. The highest BCUT2D eigenvalue weighted by Crippen LogP contribution is 2.36. The second-order valence-electron chi connectivity index (χ2n) is 11.1. The van der Waals surface area contributed by atoms with Crippen molar-refractivity contribution in [3.63, 3.8) is 0 Å². The molecule has 7 nitrogen and oxygen atoms in total. The van der Waals surface area contributed by atoms with Gasteiger partial charge in [0, 0.05) is 41.2 Å². The molecule has 1 saturated carbocycles. The van der Waals surface area contributed by atoms with Crippen LogP contribution in [0, 0.1) is 0 Å². The van der Waals surface area contributed by atoms with E-state index in [1.54, 1.807) is 4.90 Å². The molecule has 0 spiro atoms. The number of carbonyl (C=O) groups is 2. The van der Waals surface area contributed by atoms with E-state index in [0.29, 0.717) is 26.2 Å². The summed E-state index contributed by atoms with van der Waals surface area (Å²) in [7, 11) is 0. The summed E-state index contributed by atoms with van der Waals surface area (Å²) >= 11 is 7.11. The topological polar surface area (TPSA) is 73.9 Å². The fourth-order valence-electron chi connectivity index (χ4n) is 5.24. The Morgan fingerprint density at radius 2 is 1.39 bits per heavy atom. The highest BCUT2D eigenvalue weighted by molar-refractivity contribution is 9.10. The van der Waals surface area contributed by atoms with Gasteiger partial charge in [0.25, 0.3) is 0 Å². The molecule has 2 N–H and O–H groups in total. The van der Waals surface area contributed by atoms with Crippen molar-refractivity contribution < 1.29 is 14.3 Å². The molecule has 38 heavy (non-hydrogen) atoms. The number of benzene rings is 2.